The van der Waals surface area contributed by atoms with Crippen LogP contribution in [0, 0.1) is 4.91 Å². The second-order valence-corrected chi connectivity index (χ2v) is 1.71. The van der Waals surface area contributed by atoms with Crippen LogP contribution in [0.25, 0.3) is 0 Å². The molecule has 7 heteroatoms. The van der Waals surface area contributed by atoms with Crippen molar-refractivity contribution in [2.45, 2.75) is 12.7 Å². The van der Waals surface area contributed by atoms with Crippen molar-refractivity contribution < 1.29 is 24.2 Å². The molecule has 1 aliphatic heterocycles. The Morgan fingerprint density at radius 2 is 2.09 bits per heavy atom. The fourth-order valence-corrected chi connectivity index (χ4v) is 0.435. The van der Waals surface area contributed by atoms with Gasteiger partial charge in [-0.05, 0) is 0 Å². The molecule has 1 heterocycles. The van der Waals surface area contributed by atoms with E-state index in [-0.39, 0.29) is 0 Å². The zero-order valence-electron chi connectivity index (χ0n) is 5.18. The molecule has 7 nitrogen and oxygen atoms in total. The molecule has 0 atom stereocenters. The maximum atomic E-state index is 10.6. The van der Waals surface area contributed by atoms with Crippen molar-refractivity contribution >= 4 is 11.8 Å². The van der Waals surface area contributed by atoms with Gasteiger partial charge in [0.15, 0.2) is 5.34 Å². The van der Waals surface area contributed by atoms with Crippen molar-refractivity contribution in [3.63, 3.8) is 0 Å². The van der Waals surface area contributed by atoms with E-state index in [1.165, 1.54) is 0 Å². The summed E-state index contributed by atoms with van der Waals surface area (Å²) in [5.74, 6) is -1.62. The average Bonchev–Trinajstić information content (AvgIpc) is 2.67. The zero-order valence-corrected chi connectivity index (χ0v) is 5.18. The highest BCUT2D eigenvalue weighted by Crippen LogP contribution is 2.14. The third-order valence-electron chi connectivity index (χ3n) is 0.913. The summed E-state index contributed by atoms with van der Waals surface area (Å²) in [5.41, 5.74) is 0. The van der Waals surface area contributed by atoms with Crippen LogP contribution in [0.15, 0.2) is 5.34 Å². The third kappa shape index (κ3) is 2.40. The minimum absolute atomic E-state index is 0.573. The quantitative estimate of drug-likeness (QED) is 0.180. The van der Waals surface area contributed by atoms with Crippen LogP contribution in [0.4, 0.5) is 0 Å². The van der Waals surface area contributed by atoms with Crippen LogP contribution in [-0.4, -0.2) is 18.0 Å². The molecule has 1 saturated heterocycles. The molecule has 0 bridgehead atoms. The normalized spacial score (nSPS) is 15.6. The summed E-state index contributed by atoms with van der Waals surface area (Å²) in [5, 5.41) is 1.84. The molecular weight excluding hydrogens is 158 g/mol. The van der Waals surface area contributed by atoms with E-state index in [0.717, 1.165) is 0 Å². The van der Waals surface area contributed by atoms with Gasteiger partial charge in [0.05, 0.1) is 0 Å². The van der Waals surface area contributed by atoms with Crippen LogP contribution in [0.2, 0.25) is 0 Å². The highest BCUT2D eigenvalue weighted by Gasteiger charge is 2.36. The van der Waals surface area contributed by atoms with E-state index < -0.39 is 24.5 Å². The second-order valence-electron chi connectivity index (χ2n) is 1.71. The van der Waals surface area contributed by atoms with E-state index in [1.807, 2.05) is 5.34 Å². The van der Waals surface area contributed by atoms with Crippen molar-refractivity contribution in [1.82, 2.24) is 0 Å². The van der Waals surface area contributed by atoms with Crippen LogP contribution in [0.1, 0.15) is 6.42 Å². The maximum absolute atomic E-state index is 10.6. The van der Waals surface area contributed by atoms with E-state index >= 15 is 0 Å². The monoisotopic (exact) mass is 161 g/mol. The Balaban J connectivity index is 2.22. The predicted octanol–water partition coefficient (Wildman–Crippen LogP) is -0.542. The van der Waals surface area contributed by atoms with E-state index in [0.29, 0.717) is 0 Å². The fourth-order valence-electron chi connectivity index (χ4n) is 0.435. The van der Waals surface area contributed by atoms with E-state index in [9.17, 15) is 14.5 Å². The van der Waals surface area contributed by atoms with Gasteiger partial charge in [0.1, 0.15) is 6.42 Å². The minimum Gasteiger partial charge on any atom is -0.293 e. The van der Waals surface area contributed by atoms with Crippen molar-refractivity contribution in [2.24, 2.45) is 5.34 Å². The van der Waals surface area contributed by atoms with Gasteiger partial charge in [0.2, 0.25) is 5.78 Å². The van der Waals surface area contributed by atoms with Gasteiger partial charge >= 0.3 is 5.97 Å². The molecule has 1 rings (SSSR count). The predicted molar refractivity (Wildman–Crippen MR) is 27.5 cm³/mol. The summed E-state index contributed by atoms with van der Waals surface area (Å²) in [7, 11) is 0. The van der Waals surface area contributed by atoms with Gasteiger partial charge in [-0.15, -0.1) is 4.91 Å². The number of rotatable bonds is 4. The molecule has 0 saturated carbocycles. The second kappa shape index (κ2) is 3.17. The lowest BCUT2D eigenvalue weighted by Gasteiger charge is -1.88. The molecule has 0 radical (unpaired) electrons. The molecule has 0 spiro atoms. The molecule has 1 aliphatic rings. The minimum atomic E-state index is -1.02. The van der Waals surface area contributed by atoms with E-state index in [4.69, 9.17) is 0 Å². The summed E-state index contributed by atoms with van der Waals surface area (Å²) >= 11 is 0. The average molecular weight is 161 g/mol. The Morgan fingerprint density at radius 1 is 1.45 bits per heavy atom. The standard InChI is InChI=1S/C4H3NO6/c6-2(4-10-11-4)1-3(7)9-5-8/h4H,1H2. The van der Waals surface area contributed by atoms with Gasteiger partial charge in [-0.2, -0.15) is 9.78 Å². The topological polar surface area (TPSA) is 97.9 Å². The number of ketones is 1. The van der Waals surface area contributed by atoms with Crippen molar-refractivity contribution in [3.8, 4) is 0 Å². The van der Waals surface area contributed by atoms with Gasteiger partial charge in [0.25, 0.3) is 6.29 Å². The highest BCUT2D eigenvalue weighted by molar-refractivity contribution is 5.97. The molecule has 60 valence electrons. The Bertz CT molecular complexity index is 197. The lowest BCUT2D eigenvalue weighted by atomic mass is 10.3. The molecule has 0 unspecified atom stereocenters. The summed E-state index contributed by atoms with van der Waals surface area (Å²) in [4.78, 5) is 42.0. The summed E-state index contributed by atoms with van der Waals surface area (Å²) in [6.45, 7) is 0. The number of carbonyl (C=O) groups is 2. The van der Waals surface area contributed by atoms with Gasteiger partial charge in [-0.1, -0.05) is 0 Å². The van der Waals surface area contributed by atoms with Crippen LogP contribution < -0.4 is 0 Å². The molecule has 0 aromatic carbocycles. The molecule has 0 aromatic heterocycles. The first kappa shape index (κ1) is 7.76. The fraction of sp³-hybridized carbons (Fsp3) is 0.500. The molecule has 0 amide bonds. The number of carbonyl (C=O) groups excluding carboxylic acids is 2. The van der Waals surface area contributed by atoms with Crippen molar-refractivity contribution in [2.75, 3.05) is 0 Å². The van der Waals surface area contributed by atoms with Crippen molar-refractivity contribution in [3.05, 3.63) is 4.91 Å². The van der Waals surface area contributed by atoms with Gasteiger partial charge < -0.3 is 0 Å². The third-order valence-corrected chi connectivity index (χ3v) is 0.913. The zero-order chi connectivity index (χ0) is 8.27. The molecule has 0 aromatic rings. The van der Waals surface area contributed by atoms with Gasteiger partial charge in [-0.3, -0.25) is 9.63 Å². The summed E-state index contributed by atoms with van der Waals surface area (Å²) in [6, 6.07) is 0. The largest absolute Gasteiger partial charge is 0.346 e. The number of hydrogen-bond donors (Lipinski definition) is 0. The Kier molecular flexibility index (Phi) is 2.24. The summed E-state index contributed by atoms with van der Waals surface area (Å²) < 4.78 is 0. The Morgan fingerprint density at radius 3 is 2.55 bits per heavy atom. The molecular formula is C4H3NO6. The van der Waals surface area contributed by atoms with Gasteiger partial charge in [-0.25, -0.2) is 4.79 Å². The Hall–Kier alpha value is -1.34. The van der Waals surface area contributed by atoms with E-state index in [2.05, 4.69) is 14.6 Å². The first-order chi connectivity index (χ1) is 5.24. The number of Topliss-reactive ketones (excluding diaryl/α,β-unsaturated/α-hetero) is 1. The Labute approximate surface area is 60.1 Å². The number of hydrogen-bond acceptors (Lipinski definition) is 7. The van der Waals surface area contributed by atoms with Crippen molar-refractivity contribution in [1.29, 1.82) is 0 Å². The van der Waals surface area contributed by atoms with Crippen LogP contribution in [-0.2, 0) is 24.2 Å². The lowest BCUT2D eigenvalue weighted by molar-refractivity contribution is -0.146. The van der Waals surface area contributed by atoms with Crippen LogP contribution in [0.5, 0.6) is 0 Å². The first-order valence-corrected chi connectivity index (χ1v) is 2.61. The SMILES string of the molecule is O=NOC(=O)CC(=O)C1OO1. The maximum Gasteiger partial charge on any atom is 0.346 e. The molecule has 0 aliphatic carbocycles. The van der Waals surface area contributed by atoms with Crippen LogP contribution in [0.3, 0.4) is 0 Å². The van der Waals surface area contributed by atoms with Gasteiger partial charge in [0, 0.05) is 0 Å². The number of nitrogens with zero attached hydrogens (tertiary/aromatic N) is 1. The molecule has 1 fully saturated rings. The summed E-state index contributed by atoms with van der Waals surface area (Å²) in [6.07, 6.45) is -1.55. The highest BCUT2D eigenvalue weighted by atomic mass is 17.4. The van der Waals surface area contributed by atoms with Crippen LogP contribution >= 0.6 is 0 Å². The smallest absolute Gasteiger partial charge is 0.293 e. The lowest BCUT2D eigenvalue weighted by Crippen LogP contribution is -2.13. The first-order valence-electron chi connectivity index (χ1n) is 2.61. The molecule has 11 heavy (non-hydrogen) atoms. The molecule has 0 N–H and O–H groups in total. The van der Waals surface area contributed by atoms with E-state index in [1.54, 1.807) is 0 Å².